The zero-order valence-corrected chi connectivity index (χ0v) is 14.0. The molecule has 3 heterocycles. The predicted molar refractivity (Wildman–Crippen MR) is 92.1 cm³/mol. The second-order valence-corrected chi connectivity index (χ2v) is 6.65. The number of benzene rings is 1. The molecule has 3 aromatic rings. The van der Waals surface area contributed by atoms with Gasteiger partial charge in [0.15, 0.2) is 5.76 Å². The third kappa shape index (κ3) is 2.60. The Labute approximate surface area is 140 Å². The van der Waals surface area contributed by atoms with Crippen molar-refractivity contribution in [3.8, 4) is 0 Å². The van der Waals surface area contributed by atoms with Gasteiger partial charge in [-0.1, -0.05) is 18.2 Å². The molecule has 5 nitrogen and oxygen atoms in total. The van der Waals surface area contributed by atoms with Gasteiger partial charge in [-0.05, 0) is 43.9 Å². The summed E-state index contributed by atoms with van der Waals surface area (Å²) in [6.07, 6.45) is 5.94. The van der Waals surface area contributed by atoms with Gasteiger partial charge >= 0.3 is 0 Å². The lowest BCUT2D eigenvalue weighted by molar-refractivity contribution is 0.0643. The fourth-order valence-corrected chi connectivity index (χ4v) is 3.46. The molecule has 24 heavy (non-hydrogen) atoms. The Bertz CT molecular complexity index is 893. The Kier molecular flexibility index (Phi) is 3.63. The van der Waals surface area contributed by atoms with Crippen LogP contribution in [0, 0.1) is 13.8 Å². The number of rotatable bonds is 2. The first-order valence-corrected chi connectivity index (χ1v) is 8.41. The maximum absolute atomic E-state index is 12.9. The van der Waals surface area contributed by atoms with Crippen molar-refractivity contribution in [1.82, 2.24) is 14.7 Å². The van der Waals surface area contributed by atoms with Crippen LogP contribution in [0.2, 0.25) is 0 Å². The van der Waals surface area contributed by atoms with Gasteiger partial charge in [0.25, 0.3) is 5.91 Å². The fraction of sp³-hybridized carbons (Fsp3) is 0.368. The Morgan fingerprint density at radius 3 is 2.96 bits per heavy atom. The number of furan rings is 1. The van der Waals surface area contributed by atoms with Gasteiger partial charge < -0.3 is 9.32 Å². The van der Waals surface area contributed by atoms with Crippen LogP contribution in [-0.2, 0) is 0 Å². The fourth-order valence-electron chi connectivity index (χ4n) is 3.46. The average Bonchev–Trinajstić information content (AvgIpc) is 3.21. The number of amides is 1. The van der Waals surface area contributed by atoms with Crippen LogP contribution >= 0.6 is 0 Å². The lowest BCUT2D eigenvalue weighted by atomic mass is 10.1. The summed E-state index contributed by atoms with van der Waals surface area (Å²) < 4.78 is 7.83. The summed E-state index contributed by atoms with van der Waals surface area (Å²) in [6, 6.07) is 8.05. The van der Waals surface area contributed by atoms with Crippen LogP contribution in [0.1, 0.15) is 40.6 Å². The first-order chi connectivity index (χ1) is 11.6. The highest BCUT2D eigenvalue weighted by Crippen LogP contribution is 2.26. The molecule has 0 radical (unpaired) electrons. The van der Waals surface area contributed by atoms with Crippen molar-refractivity contribution in [3.63, 3.8) is 0 Å². The van der Waals surface area contributed by atoms with Gasteiger partial charge in [-0.3, -0.25) is 9.48 Å². The zero-order chi connectivity index (χ0) is 16.7. The standard InChI is InChI=1S/C19H21N3O2/c1-13-10-20-22(11-13)16-7-4-8-21(12-16)19(23)17-9-15-6-3-5-14(2)18(15)24-17/h3,5-6,9-11,16H,4,7-8,12H2,1-2H3/t16-/m0/s1. The molecular formula is C19H21N3O2. The first kappa shape index (κ1) is 15.0. The number of fused-ring (bicyclic) bond motifs is 1. The van der Waals surface area contributed by atoms with E-state index in [-0.39, 0.29) is 11.9 Å². The summed E-state index contributed by atoms with van der Waals surface area (Å²) in [5, 5.41) is 5.39. The SMILES string of the molecule is Cc1cnn([C@H]2CCCN(C(=O)c3cc4cccc(C)c4o3)C2)c1. The van der Waals surface area contributed by atoms with Crippen molar-refractivity contribution in [1.29, 1.82) is 0 Å². The Morgan fingerprint density at radius 2 is 2.21 bits per heavy atom. The zero-order valence-electron chi connectivity index (χ0n) is 14.0. The van der Waals surface area contributed by atoms with E-state index in [1.54, 1.807) is 0 Å². The second kappa shape index (κ2) is 5.82. The minimum atomic E-state index is -0.0285. The van der Waals surface area contributed by atoms with Crippen LogP contribution in [0.3, 0.4) is 0 Å². The number of aryl methyl sites for hydroxylation is 2. The van der Waals surface area contributed by atoms with E-state index in [1.807, 2.05) is 60.1 Å². The summed E-state index contributed by atoms with van der Waals surface area (Å²) in [4.78, 5) is 14.8. The molecule has 1 aliphatic rings. The summed E-state index contributed by atoms with van der Waals surface area (Å²) in [5.41, 5.74) is 3.00. The minimum Gasteiger partial charge on any atom is -0.451 e. The first-order valence-electron chi connectivity index (χ1n) is 8.41. The van der Waals surface area contributed by atoms with E-state index in [0.29, 0.717) is 12.3 Å². The Morgan fingerprint density at radius 1 is 1.33 bits per heavy atom. The number of hydrogen-bond acceptors (Lipinski definition) is 3. The van der Waals surface area contributed by atoms with E-state index < -0.39 is 0 Å². The Hall–Kier alpha value is -2.56. The third-order valence-corrected chi connectivity index (χ3v) is 4.74. The van der Waals surface area contributed by atoms with E-state index in [0.717, 1.165) is 41.5 Å². The summed E-state index contributed by atoms with van der Waals surface area (Å²) in [6.45, 7) is 5.48. The molecule has 0 bridgehead atoms. The number of piperidine rings is 1. The molecule has 0 aliphatic carbocycles. The van der Waals surface area contributed by atoms with E-state index in [1.165, 1.54) is 0 Å². The smallest absolute Gasteiger partial charge is 0.289 e. The molecule has 0 N–H and O–H groups in total. The molecule has 2 aromatic heterocycles. The predicted octanol–water partition coefficient (Wildman–Crippen LogP) is 3.72. The van der Waals surface area contributed by atoms with Crippen LogP contribution < -0.4 is 0 Å². The highest BCUT2D eigenvalue weighted by Gasteiger charge is 2.27. The van der Waals surface area contributed by atoms with Gasteiger partial charge in [-0.15, -0.1) is 0 Å². The summed E-state index contributed by atoms with van der Waals surface area (Å²) in [7, 11) is 0. The number of hydrogen-bond donors (Lipinski definition) is 0. The molecule has 124 valence electrons. The molecule has 0 spiro atoms. The van der Waals surface area contributed by atoms with E-state index >= 15 is 0 Å². The maximum atomic E-state index is 12.9. The van der Waals surface area contributed by atoms with Crippen molar-refractivity contribution in [2.45, 2.75) is 32.7 Å². The van der Waals surface area contributed by atoms with Crippen LogP contribution in [0.4, 0.5) is 0 Å². The van der Waals surface area contributed by atoms with Gasteiger partial charge in [0, 0.05) is 24.7 Å². The van der Waals surface area contributed by atoms with E-state index in [4.69, 9.17) is 4.42 Å². The van der Waals surface area contributed by atoms with Gasteiger partial charge in [0.05, 0.1) is 12.2 Å². The van der Waals surface area contributed by atoms with Crippen molar-refractivity contribution in [3.05, 3.63) is 53.5 Å². The minimum absolute atomic E-state index is 0.0285. The van der Waals surface area contributed by atoms with Crippen LogP contribution in [0.5, 0.6) is 0 Å². The third-order valence-electron chi connectivity index (χ3n) is 4.74. The molecule has 4 rings (SSSR count). The van der Waals surface area contributed by atoms with Gasteiger partial charge in [0.2, 0.25) is 0 Å². The van der Waals surface area contributed by atoms with Crippen LogP contribution in [0.25, 0.3) is 11.0 Å². The molecule has 0 unspecified atom stereocenters. The van der Waals surface area contributed by atoms with Gasteiger partial charge in [0.1, 0.15) is 5.58 Å². The average molecular weight is 323 g/mol. The highest BCUT2D eigenvalue weighted by molar-refractivity contribution is 5.96. The molecule has 1 aromatic carbocycles. The number of para-hydroxylation sites is 1. The van der Waals surface area contributed by atoms with E-state index in [2.05, 4.69) is 5.10 Å². The van der Waals surface area contributed by atoms with Crippen molar-refractivity contribution in [2.75, 3.05) is 13.1 Å². The molecular weight excluding hydrogens is 302 g/mol. The second-order valence-electron chi connectivity index (χ2n) is 6.65. The van der Waals surface area contributed by atoms with E-state index in [9.17, 15) is 4.79 Å². The monoisotopic (exact) mass is 323 g/mol. The quantitative estimate of drug-likeness (QED) is 0.722. The number of aromatic nitrogens is 2. The van der Waals surface area contributed by atoms with Crippen molar-refractivity contribution < 1.29 is 9.21 Å². The summed E-state index contributed by atoms with van der Waals surface area (Å²) in [5.74, 6) is 0.399. The number of carbonyl (C=O) groups excluding carboxylic acids is 1. The van der Waals surface area contributed by atoms with Crippen LogP contribution in [0.15, 0.2) is 41.1 Å². The molecule has 5 heteroatoms. The van der Waals surface area contributed by atoms with Gasteiger partial charge in [-0.25, -0.2) is 0 Å². The topological polar surface area (TPSA) is 51.3 Å². The normalized spacial score (nSPS) is 18.2. The highest BCUT2D eigenvalue weighted by atomic mass is 16.3. The van der Waals surface area contributed by atoms with Gasteiger partial charge in [-0.2, -0.15) is 5.10 Å². The van der Waals surface area contributed by atoms with Crippen molar-refractivity contribution >= 4 is 16.9 Å². The number of carbonyl (C=O) groups is 1. The number of nitrogens with zero attached hydrogens (tertiary/aromatic N) is 3. The maximum Gasteiger partial charge on any atom is 0.289 e. The molecule has 0 saturated carbocycles. The lowest BCUT2D eigenvalue weighted by Gasteiger charge is -2.32. The summed E-state index contributed by atoms with van der Waals surface area (Å²) >= 11 is 0. The molecule has 1 saturated heterocycles. The largest absolute Gasteiger partial charge is 0.451 e. The molecule has 1 fully saturated rings. The molecule has 1 amide bonds. The lowest BCUT2D eigenvalue weighted by Crippen LogP contribution is -2.40. The molecule has 1 aliphatic heterocycles. The van der Waals surface area contributed by atoms with Crippen LogP contribution in [-0.4, -0.2) is 33.7 Å². The van der Waals surface area contributed by atoms with Crippen molar-refractivity contribution in [2.24, 2.45) is 0 Å². The molecule has 1 atom stereocenters. The number of likely N-dealkylation sites (tertiary alicyclic amines) is 1. The Balaban J connectivity index is 1.57.